The summed E-state index contributed by atoms with van der Waals surface area (Å²) in [5.74, 6) is 3.24. The molecule has 0 heterocycles. The molecule has 5 atom stereocenters. The van der Waals surface area contributed by atoms with Crippen LogP contribution in [-0.2, 0) is 4.84 Å². The highest BCUT2D eigenvalue weighted by Crippen LogP contribution is 2.70. The van der Waals surface area contributed by atoms with Crippen molar-refractivity contribution in [1.29, 1.82) is 0 Å². The van der Waals surface area contributed by atoms with Gasteiger partial charge >= 0.3 is 0 Å². The van der Waals surface area contributed by atoms with Gasteiger partial charge in [0.2, 0.25) is 0 Å². The van der Waals surface area contributed by atoms with Crippen molar-refractivity contribution in [2.45, 2.75) is 92.9 Å². The molecule has 3 rings (SSSR count). The second-order valence-corrected chi connectivity index (χ2v) is 11.0. The van der Waals surface area contributed by atoms with Gasteiger partial charge < -0.3 is 4.84 Å². The van der Waals surface area contributed by atoms with Crippen molar-refractivity contribution in [3.8, 4) is 0 Å². The monoisotopic (exact) mass is 385 g/mol. The van der Waals surface area contributed by atoms with Gasteiger partial charge in [0, 0.05) is 0 Å². The zero-order valence-corrected chi connectivity index (χ0v) is 19.3. The Balaban J connectivity index is 1.51. The van der Waals surface area contributed by atoms with Gasteiger partial charge in [-0.15, -0.1) is 0 Å². The first-order chi connectivity index (χ1) is 13.3. The molecule has 0 N–H and O–H groups in total. The maximum Gasteiger partial charge on any atom is 0.117 e. The lowest BCUT2D eigenvalue weighted by Gasteiger charge is -2.36. The fourth-order valence-corrected chi connectivity index (χ4v) is 6.77. The first-order valence-electron chi connectivity index (χ1n) is 11.7. The van der Waals surface area contributed by atoms with Gasteiger partial charge in [-0.25, -0.2) is 0 Å². The molecule has 0 saturated heterocycles. The highest BCUT2D eigenvalue weighted by molar-refractivity contribution is 5.72. The van der Waals surface area contributed by atoms with Crippen LogP contribution in [0.1, 0.15) is 92.9 Å². The van der Waals surface area contributed by atoms with Crippen LogP contribution in [0.5, 0.6) is 0 Å². The van der Waals surface area contributed by atoms with E-state index in [1.807, 2.05) is 6.21 Å². The molecular formula is C26H43NO. The number of nitrogens with zero attached hydrogens (tertiary/aromatic N) is 1. The zero-order valence-electron chi connectivity index (χ0n) is 19.3. The molecule has 0 amide bonds. The van der Waals surface area contributed by atoms with E-state index in [-0.39, 0.29) is 0 Å². The first kappa shape index (κ1) is 21.7. The topological polar surface area (TPSA) is 21.6 Å². The van der Waals surface area contributed by atoms with Gasteiger partial charge in [-0.2, -0.15) is 0 Å². The summed E-state index contributed by atoms with van der Waals surface area (Å²) in [6.07, 6.45) is 17.1. The fraction of sp³-hybridized carbons (Fsp3) is 0.808. The Kier molecular flexibility index (Phi) is 6.77. The lowest BCUT2D eigenvalue weighted by molar-refractivity contribution is 0.131. The molecule has 3 saturated carbocycles. The summed E-state index contributed by atoms with van der Waals surface area (Å²) < 4.78 is 0. The quantitative estimate of drug-likeness (QED) is 0.183. The highest BCUT2D eigenvalue weighted by Gasteiger charge is 2.62. The minimum absolute atomic E-state index is 0.410. The predicted molar refractivity (Wildman–Crippen MR) is 120 cm³/mol. The Labute approximate surface area is 173 Å². The fourth-order valence-electron chi connectivity index (χ4n) is 6.77. The minimum Gasteiger partial charge on any atom is -0.396 e. The Morgan fingerprint density at radius 1 is 1.18 bits per heavy atom. The van der Waals surface area contributed by atoms with E-state index in [1.54, 1.807) is 5.57 Å². The summed E-state index contributed by atoms with van der Waals surface area (Å²) >= 11 is 0. The smallest absolute Gasteiger partial charge is 0.117 e. The minimum atomic E-state index is 0.410. The Hall–Kier alpha value is -1.05. The van der Waals surface area contributed by atoms with Crippen molar-refractivity contribution in [3.63, 3.8) is 0 Å². The SMILES string of the molecule is CC(C)=CCCC(C)CCO/N=C/C=C1[C@H]2CC[C@@H]3[C@H]2C(C)(C)CCC[C@]13C. The highest BCUT2D eigenvalue weighted by atomic mass is 16.6. The van der Waals surface area contributed by atoms with Crippen LogP contribution < -0.4 is 0 Å². The van der Waals surface area contributed by atoms with Crippen molar-refractivity contribution in [2.75, 3.05) is 6.61 Å². The van der Waals surface area contributed by atoms with Crippen LogP contribution in [0.4, 0.5) is 0 Å². The molecule has 1 unspecified atom stereocenters. The Bertz CT molecular complexity index is 624. The van der Waals surface area contributed by atoms with Crippen molar-refractivity contribution < 1.29 is 4.84 Å². The van der Waals surface area contributed by atoms with Gasteiger partial charge in [0.05, 0.1) is 6.21 Å². The molecule has 2 nitrogen and oxygen atoms in total. The third-order valence-electron chi connectivity index (χ3n) is 8.26. The van der Waals surface area contributed by atoms with E-state index in [9.17, 15) is 0 Å². The van der Waals surface area contributed by atoms with Crippen LogP contribution in [0.15, 0.2) is 28.5 Å². The number of hydrogen-bond donors (Lipinski definition) is 0. The van der Waals surface area contributed by atoms with Crippen LogP contribution in [0.25, 0.3) is 0 Å². The number of allylic oxidation sites excluding steroid dienone is 4. The second-order valence-electron chi connectivity index (χ2n) is 11.0. The van der Waals surface area contributed by atoms with E-state index in [1.165, 1.54) is 50.5 Å². The average Bonchev–Trinajstić information content (AvgIpc) is 3.11. The average molecular weight is 386 g/mol. The van der Waals surface area contributed by atoms with Crippen LogP contribution in [0.2, 0.25) is 0 Å². The van der Waals surface area contributed by atoms with Crippen molar-refractivity contribution in [3.05, 3.63) is 23.3 Å². The normalized spacial score (nSPS) is 35.9. The molecule has 0 aliphatic heterocycles. The number of rotatable bonds is 8. The van der Waals surface area contributed by atoms with E-state index in [0.717, 1.165) is 30.8 Å². The van der Waals surface area contributed by atoms with E-state index in [4.69, 9.17) is 4.84 Å². The summed E-state index contributed by atoms with van der Waals surface area (Å²) in [6, 6.07) is 0. The van der Waals surface area contributed by atoms with Gasteiger partial charge in [-0.05, 0) is 99.4 Å². The standard InChI is InChI=1S/C26H43NO/c1-19(2)9-7-10-20(3)14-18-28-27-17-13-22-21-11-12-23-24(21)25(4,5)15-8-16-26(22,23)6/h9,13,17,20-21,23-24H,7-8,10-12,14-16,18H2,1-6H3/b22-13?,27-17+/t20?,21-,23-,24+,26-/m1/s1. The lowest BCUT2D eigenvalue weighted by atomic mass is 9.68. The van der Waals surface area contributed by atoms with Crippen LogP contribution in [0.3, 0.4) is 0 Å². The van der Waals surface area contributed by atoms with Gasteiger partial charge in [0.15, 0.2) is 0 Å². The summed E-state index contributed by atoms with van der Waals surface area (Å²) in [5, 5.41) is 4.29. The van der Waals surface area contributed by atoms with E-state index in [0.29, 0.717) is 16.7 Å². The maximum absolute atomic E-state index is 5.59. The third-order valence-corrected chi connectivity index (χ3v) is 8.26. The number of oxime groups is 1. The van der Waals surface area contributed by atoms with Crippen LogP contribution >= 0.6 is 0 Å². The van der Waals surface area contributed by atoms with Gasteiger partial charge in [-0.3, -0.25) is 0 Å². The van der Waals surface area contributed by atoms with Crippen molar-refractivity contribution in [2.24, 2.45) is 39.7 Å². The molecule has 3 fully saturated rings. The van der Waals surface area contributed by atoms with Crippen molar-refractivity contribution in [1.82, 2.24) is 0 Å². The van der Waals surface area contributed by atoms with Gasteiger partial charge in [-0.1, -0.05) is 56.5 Å². The zero-order chi connectivity index (χ0) is 20.4. The molecular weight excluding hydrogens is 342 g/mol. The summed E-state index contributed by atoms with van der Waals surface area (Å²) in [7, 11) is 0. The molecule has 0 radical (unpaired) electrons. The molecule has 0 aromatic carbocycles. The second kappa shape index (κ2) is 8.76. The summed E-state index contributed by atoms with van der Waals surface area (Å²) in [6.45, 7) is 15.0. The maximum atomic E-state index is 5.59. The lowest BCUT2D eigenvalue weighted by Crippen LogP contribution is -2.28. The molecule has 4 bridgehead atoms. The van der Waals surface area contributed by atoms with Crippen LogP contribution in [0, 0.1) is 34.5 Å². The molecule has 0 aromatic rings. The third kappa shape index (κ3) is 4.41. The Morgan fingerprint density at radius 3 is 2.71 bits per heavy atom. The molecule has 28 heavy (non-hydrogen) atoms. The molecule has 2 heteroatoms. The van der Waals surface area contributed by atoms with E-state index >= 15 is 0 Å². The largest absolute Gasteiger partial charge is 0.396 e. The molecule has 3 aliphatic carbocycles. The van der Waals surface area contributed by atoms with E-state index in [2.05, 4.69) is 58.9 Å². The predicted octanol–water partition coefficient (Wildman–Crippen LogP) is 7.56. The van der Waals surface area contributed by atoms with Crippen molar-refractivity contribution >= 4 is 6.21 Å². The molecule has 158 valence electrons. The Morgan fingerprint density at radius 2 is 1.96 bits per heavy atom. The van der Waals surface area contributed by atoms with Gasteiger partial charge in [0.1, 0.15) is 6.61 Å². The molecule has 3 aliphatic rings. The number of hydrogen-bond acceptors (Lipinski definition) is 2. The van der Waals surface area contributed by atoms with Crippen LogP contribution in [-0.4, -0.2) is 12.8 Å². The van der Waals surface area contributed by atoms with Gasteiger partial charge in [0.25, 0.3) is 0 Å². The van der Waals surface area contributed by atoms with E-state index < -0.39 is 0 Å². The molecule has 0 aromatic heterocycles. The summed E-state index contributed by atoms with van der Waals surface area (Å²) in [4.78, 5) is 5.59. The first-order valence-corrected chi connectivity index (χ1v) is 11.7. The summed E-state index contributed by atoms with van der Waals surface area (Å²) in [5.41, 5.74) is 4.00. The molecule has 0 spiro atoms.